The third-order valence-corrected chi connectivity index (χ3v) is 4.16. The first-order chi connectivity index (χ1) is 9.09. The molecule has 0 amide bonds. The highest BCUT2D eigenvalue weighted by molar-refractivity contribution is 6.34. The maximum absolute atomic E-state index is 9.15. The van der Waals surface area contributed by atoms with Crippen LogP contribution in [-0.4, -0.2) is 11.5 Å². The van der Waals surface area contributed by atoms with E-state index in [9.17, 15) is 0 Å². The minimum atomic E-state index is -0.248. The predicted molar refractivity (Wildman–Crippen MR) is 78.8 cm³/mol. The van der Waals surface area contributed by atoms with Crippen molar-refractivity contribution in [3.63, 3.8) is 0 Å². The average Bonchev–Trinajstić information content (AvgIpc) is 2.78. The summed E-state index contributed by atoms with van der Waals surface area (Å²) in [6.45, 7) is 4.24. The van der Waals surface area contributed by atoms with Crippen molar-refractivity contribution >= 4 is 29.2 Å². The van der Waals surface area contributed by atoms with E-state index in [0.717, 1.165) is 31.2 Å². The zero-order valence-corrected chi connectivity index (χ0v) is 12.0. The lowest BCUT2D eigenvalue weighted by Crippen LogP contribution is -2.25. The van der Waals surface area contributed by atoms with Gasteiger partial charge in [-0.25, -0.2) is 5.26 Å². The van der Waals surface area contributed by atoms with Gasteiger partial charge in [-0.05, 0) is 18.9 Å². The third kappa shape index (κ3) is 2.19. The molecule has 1 aliphatic heterocycles. The van der Waals surface area contributed by atoms with Gasteiger partial charge in [0.2, 0.25) is 0 Å². The van der Waals surface area contributed by atoms with Crippen molar-refractivity contribution in [2.24, 2.45) is 4.99 Å². The molecule has 0 fully saturated rings. The van der Waals surface area contributed by atoms with E-state index >= 15 is 0 Å². The number of fused-ring (bicyclic) bond motifs is 1. The fraction of sp³-hybridized carbons (Fsp3) is 0.500. The Morgan fingerprint density at radius 3 is 2.79 bits per heavy atom. The zero-order valence-electron chi connectivity index (χ0n) is 11.2. The first-order valence-electron chi connectivity index (χ1n) is 6.58. The molecule has 0 radical (unpaired) electrons. The van der Waals surface area contributed by atoms with Gasteiger partial charge >= 0.3 is 0 Å². The summed E-state index contributed by atoms with van der Waals surface area (Å²) >= 11 is 6.19. The average molecular weight is 283 g/mol. The summed E-state index contributed by atoms with van der Waals surface area (Å²) < 4.78 is 0. The Kier molecular flexibility index (Phi) is 4.02. The van der Waals surface area contributed by atoms with Gasteiger partial charge in [0, 0.05) is 17.2 Å². The van der Waals surface area contributed by atoms with Gasteiger partial charge in [-0.2, -0.15) is 0 Å². The minimum Gasteiger partial charge on any atom is -0.396 e. The van der Waals surface area contributed by atoms with Crippen LogP contribution in [0.4, 0.5) is 11.4 Å². The minimum absolute atomic E-state index is 0.248. The number of rotatable bonds is 5. The van der Waals surface area contributed by atoms with Crippen molar-refractivity contribution in [2.45, 2.75) is 44.9 Å². The summed E-state index contributed by atoms with van der Waals surface area (Å²) in [6.07, 6.45) is 5.88. The van der Waals surface area contributed by atoms with Crippen molar-refractivity contribution in [1.29, 1.82) is 0 Å². The lowest BCUT2D eigenvalue weighted by Gasteiger charge is -2.27. The van der Waals surface area contributed by atoms with Crippen LogP contribution in [0.25, 0.3) is 0 Å². The van der Waals surface area contributed by atoms with Crippen LogP contribution >= 0.6 is 11.6 Å². The molecule has 1 atom stereocenters. The summed E-state index contributed by atoms with van der Waals surface area (Å²) in [5.74, 6) is 0.287. The van der Waals surface area contributed by atoms with Crippen LogP contribution in [0.15, 0.2) is 11.1 Å². The number of aliphatic imine (C=N–C) groups is 1. The number of benzene rings is 1. The molecule has 1 heterocycles. The van der Waals surface area contributed by atoms with Gasteiger partial charge in [-0.3, -0.25) is 4.99 Å². The molecule has 4 nitrogen and oxygen atoms in total. The van der Waals surface area contributed by atoms with E-state index in [2.05, 4.69) is 23.7 Å². The highest BCUT2D eigenvalue weighted by Gasteiger charge is 2.39. The predicted octanol–water partition coefficient (Wildman–Crippen LogP) is 4.33. The number of unbranched alkanes of at least 4 members (excludes halogenated alkanes) is 1. The van der Waals surface area contributed by atoms with Crippen LogP contribution < -0.4 is 10.6 Å². The number of nitrogen functional groups attached to an aromatic ring is 1. The zero-order chi connectivity index (χ0) is 14.0. The Bertz CT molecular complexity index is 517. The molecule has 0 bridgehead atoms. The van der Waals surface area contributed by atoms with Crippen LogP contribution in [0, 0.1) is 0 Å². The number of halogens is 1. The second-order valence-electron chi connectivity index (χ2n) is 4.96. The molecule has 0 saturated carbocycles. The molecule has 5 heteroatoms. The smallest absolute Gasteiger partial charge is 0.194 e. The van der Waals surface area contributed by atoms with E-state index in [1.807, 2.05) is 6.21 Å². The van der Waals surface area contributed by atoms with Gasteiger partial charge in [-0.1, -0.05) is 38.3 Å². The molecule has 0 saturated heterocycles. The molecular formula is C14H19ClN2O2. The first-order valence-corrected chi connectivity index (χ1v) is 6.96. The van der Waals surface area contributed by atoms with Gasteiger partial charge < -0.3 is 10.6 Å². The van der Waals surface area contributed by atoms with E-state index in [0.29, 0.717) is 16.4 Å². The molecular weight excluding hydrogens is 264 g/mol. The van der Waals surface area contributed by atoms with Crippen LogP contribution in [-0.2, 0) is 5.41 Å². The van der Waals surface area contributed by atoms with Crippen molar-refractivity contribution in [3.05, 3.63) is 16.7 Å². The number of anilines is 1. The van der Waals surface area contributed by atoms with Crippen molar-refractivity contribution in [2.75, 3.05) is 5.73 Å². The molecule has 1 aromatic rings. The summed E-state index contributed by atoms with van der Waals surface area (Å²) in [7, 11) is 0. The normalized spacial score (nSPS) is 20.6. The van der Waals surface area contributed by atoms with Crippen molar-refractivity contribution in [3.8, 4) is 5.75 Å². The van der Waals surface area contributed by atoms with E-state index in [1.165, 1.54) is 0 Å². The quantitative estimate of drug-likeness (QED) is 0.480. The SMILES string of the molecule is CCCCC1(CC)C=Nc2c(Cl)cc(N)c(OO)c21. The number of hydrogen-bond acceptors (Lipinski definition) is 4. The van der Waals surface area contributed by atoms with Crippen LogP contribution in [0.5, 0.6) is 5.75 Å². The van der Waals surface area contributed by atoms with E-state index < -0.39 is 0 Å². The molecule has 0 aromatic heterocycles. The monoisotopic (exact) mass is 282 g/mol. The second kappa shape index (κ2) is 5.39. The van der Waals surface area contributed by atoms with Crippen molar-refractivity contribution in [1.82, 2.24) is 0 Å². The van der Waals surface area contributed by atoms with Crippen molar-refractivity contribution < 1.29 is 10.1 Å². The summed E-state index contributed by atoms with van der Waals surface area (Å²) in [6, 6.07) is 1.56. The number of nitrogens with two attached hydrogens (primary N) is 1. The Labute approximate surface area is 118 Å². The van der Waals surface area contributed by atoms with E-state index in [-0.39, 0.29) is 11.2 Å². The summed E-state index contributed by atoms with van der Waals surface area (Å²) in [5, 5.41) is 9.64. The molecule has 2 rings (SSSR count). The molecule has 1 aromatic carbocycles. The lowest BCUT2D eigenvalue weighted by molar-refractivity contribution is -0.137. The highest BCUT2D eigenvalue weighted by atomic mass is 35.5. The van der Waals surface area contributed by atoms with E-state index in [1.54, 1.807) is 6.07 Å². The maximum Gasteiger partial charge on any atom is 0.194 e. The largest absolute Gasteiger partial charge is 0.396 e. The lowest BCUT2D eigenvalue weighted by atomic mass is 9.75. The molecule has 0 spiro atoms. The Morgan fingerprint density at radius 2 is 2.21 bits per heavy atom. The van der Waals surface area contributed by atoms with Crippen LogP contribution in [0.1, 0.15) is 45.1 Å². The van der Waals surface area contributed by atoms with E-state index in [4.69, 9.17) is 22.6 Å². The van der Waals surface area contributed by atoms with Gasteiger partial charge in [0.05, 0.1) is 16.4 Å². The molecule has 0 aliphatic carbocycles. The Balaban J connectivity index is 2.60. The summed E-state index contributed by atoms with van der Waals surface area (Å²) in [5.41, 5.74) is 7.46. The fourth-order valence-electron chi connectivity index (χ4n) is 2.71. The third-order valence-electron chi connectivity index (χ3n) is 3.87. The summed E-state index contributed by atoms with van der Waals surface area (Å²) in [4.78, 5) is 8.94. The highest BCUT2D eigenvalue weighted by Crippen LogP contribution is 2.52. The number of nitrogens with zero attached hydrogens (tertiary/aromatic N) is 1. The Hall–Kier alpha value is -1.26. The molecule has 1 unspecified atom stereocenters. The van der Waals surface area contributed by atoms with Crippen LogP contribution in [0.3, 0.4) is 0 Å². The molecule has 104 valence electrons. The van der Waals surface area contributed by atoms with Gasteiger partial charge in [0.1, 0.15) is 0 Å². The topological polar surface area (TPSA) is 67.8 Å². The Morgan fingerprint density at radius 1 is 1.47 bits per heavy atom. The van der Waals surface area contributed by atoms with Gasteiger partial charge in [0.15, 0.2) is 5.75 Å². The van der Waals surface area contributed by atoms with Crippen LogP contribution in [0.2, 0.25) is 5.02 Å². The molecule has 1 aliphatic rings. The fourth-order valence-corrected chi connectivity index (χ4v) is 2.97. The molecule has 19 heavy (non-hydrogen) atoms. The van der Waals surface area contributed by atoms with Gasteiger partial charge in [-0.15, -0.1) is 0 Å². The number of hydrogen-bond donors (Lipinski definition) is 2. The second-order valence-corrected chi connectivity index (χ2v) is 5.37. The van der Waals surface area contributed by atoms with Gasteiger partial charge in [0.25, 0.3) is 0 Å². The first kappa shape index (κ1) is 14.2. The molecule has 3 N–H and O–H groups in total. The standard InChI is InChI=1S/C14H19ClN2O2/c1-3-5-6-14(4-2)8-17-12-9(15)7-10(16)13(19-18)11(12)14/h7-8,18H,3-6,16H2,1-2H3. The maximum atomic E-state index is 9.15.